The van der Waals surface area contributed by atoms with Crippen molar-refractivity contribution in [3.8, 4) is 0 Å². The van der Waals surface area contributed by atoms with Gasteiger partial charge in [-0.25, -0.2) is 8.42 Å². The summed E-state index contributed by atoms with van der Waals surface area (Å²) in [6.07, 6.45) is 5.41. The lowest BCUT2D eigenvalue weighted by Gasteiger charge is -2.19. The molecule has 0 aromatic carbocycles. The van der Waals surface area contributed by atoms with Gasteiger partial charge in [-0.05, 0) is 31.1 Å². The standard InChI is InChI=1S/C10H12ClNO3S/c11-16(13,14)6-8-7-5-10(3-4-10)2-1-9(7)15-12-8/h1-6H2. The van der Waals surface area contributed by atoms with Gasteiger partial charge in [0.2, 0.25) is 9.05 Å². The Hall–Kier alpha value is -0.550. The fraction of sp³-hybridized carbons (Fsp3) is 0.700. The molecule has 2 aliphatic carbocycles. The van der Waals surface area contributed by atoms with Crippen molar-refractivity contribution in [3.63, 3.8) is 0 Å². The topological polar surface area (TPSA) is 60.2 Å². The van der Waals surface area contributed by atoms with Gasteiger partial charge in [0.05, 0.1) is 0 Å². The number of fused-ring (bicyclic) bond motifs is 1. The molecule has 0 aliphatic heterocycles. The normalized spacial score (nSPS) is 22.1. The van der Waals surface area contributed by atoms with Crippen LogP contribution in [0.5, 0.6) is 0 Å². The van der Waals surface area contributed by atoms with Crippen LogP contribution in [0, 0.1) is 5.41 Å². The SMILES string of the molecule is O=S(=O)(Cl)Cc1noc2c1CC1(CC2)CC1. The van der Waals surface area contributed by atoms with Crippen molar-refractivity contribution in [1.29, 1.82) is 0 Å². The van der Waals surface area contributed by atoms with Gasteiger partial charge in [-0.1, -0.05) is 5.16 Å². The first-order valence-corrected chi connectivity index (χ1v) is 7.84. The highest BCUT2D eigenvalue weighted by Gasteiger charge is 2.46. The summed E-state index contributed by atoms with van der Waals surface area (Å²) in [4.78, 5) is 0. The summed E-state index contributed by atoms with van der Waals surface area (Å²) in [6.45, 7) is 0. The smallest absolute Gasteiger partial charge is 0.238 e. The zero-order chi connectivity index (χ0) is 11.4. The molecule has 16 heavy (non-hydrogen) atoms. The summed E-state index contributed by atoms with van der Waals surface area (Å²) >= 11 is 0. The number of hydrogen-bond donors (Lipinski definition) is 0. The van der Waals surface area contributed by atoms with Crippen LogP contribution in [0.1, 0.15) is 36.3 Å². The second-order valence-electron chi connectivity index (χ2n) is 4.89. The van der Waals surface area contributed by atoms with Crippen LogP contribution >= 0.6 is 10.7 Å². The average molecular weight is 262 g/mol. The maximum atomic E-state index is 11.0. The van der Waals surface area contributed by atoms with Crippen LogP contribution in [-0.4, -0.2) is 13.6 Å². The quantitative estimate of drug-likeness (QED) is 0.764. The second kappa shape index (κ2) is 3.23. The maximum absolute atomic E-state index is 11.0. The fourth-order valence-corrected chi connectivity index (χ4v) is 3.36. The summed E-state index contributed by atoms with van der Waals surface area (Å²) in [6, 6.07) is 0. The first kappa shape index (κ1) is 10.6. The molecule has 1 heterocycles. The number of halogens is 1. The predicted molar refractivity (Wildman–Crippen MR) is 58.7 cm³/mol. The molecule has 0 unspecified atom stereocenters. The Morgan fingerprint density at radius 2 is 2.12 bits per heavy atom. The van der Waals surface area contributed by atoms with Crippen molar-refractivity contribution in [2.24, 2.45) is 5.41 Å². The highest BCUT2D eigenvalue weighted by molar-refractivity contribution is 8.13. The Balaban J connectivity index is 1.94. The van der Waals surface area contributed by atoms with Gasteiger partial charge in [0.1, 0.15) is 17.2 Å². The molecule has 4 nitrogen and oxygen atoms in total. The molecule has 88 valence electrons. The van der Waals surface area contributed by atoms with E-state index in [-0.39, 0.29) is 5.75 Å². The molecule has 0 amide bonds. The fourth-order valence-electron chi connectivity index (χ4n) is 2.50. The Bertz CT molecular complexity index is 530. The second-order valence-corrected chi connectivity index (χ2v) is 7.67. The van der Waals surface area contributed by atoms with Gasteiger partial charge in [-0.3, -0.25) is 0 Å². The number of aromatic nitrogens is 1. The van der Waals surface area contributed by atoms with Gasteiger partial charge >= 0.3 is 0 Å². The third kappa shape index (κ3) is 1.86. The average Bonchev–Trinajstić information content (AvgIpc) is 2.81. The summed E-state index contributed by atoms with van der Waals surface area (Å²) < 4.78 is 27.3. The molecule has 0 N–H and O–H groups in total. The van der Waals surface area contributed by atoms with E-state index < -0.39 is 9.05 Å². The first-order chi connectivity index (χ1) is 7.48. The van der Waals surface area contributed by atoms with Gasteiger partial charge in [0, 0.05) is 22.7 Å². The predicted octanol–water partition coefficient (Wildman–Crippen LogP) is 2.01. The number of rotatable bonds is 2. The van der Waals surface area contributed by atoms with Crippen molar-refractivity contribution in [2.75, 3.05) is 0 Å². The van der Waals surface area contributed by atoms with Crippen LogP contribution < -0.4 is 0 Å². The molecule has 0 radical (unpaired) electrons. The molecule has 3 rings (SSSR count). The van der Waals surface area contributed by atoms with E-state index in [1.807, 2.05) is 0 Å². The zero-order valence-corrected chi connectivity index (χ0v) is 10.3. The van der Waals surface area contributed by atoms with E-state index in [4.69, 9.17) is 15.2 Å². The molecule has 1 saturated carbocycles. The van der Waals surface area contributed by atoms with E-state index in [9.17, 15) is 8.42 Å². The summed E-state index contributed by atoms with van der Waals surface area (Å²) in [7, 11) is 1.70. The minimum absolute atomic E-state index is 0.219. The van der Waals surface area contributed by atoms with Crippen LogP contribution in [-0.2, 0) is 27.6 Å². The Labute approximate surface area is 98.4 Å². The monoisotopic (exact) mass is 261 g/mol. The van der Waals surface area contributed by atoms with E-state index in [1.54, 1.807) is 0 Å². The van der Waals surface area contributed by atoms with Crippen molar-refractivity contribution >= 4 is 19.7 Å². The minimum Gasteiger partial charge on any atom is -0.361 e. The third-order valence-corrected chi connectivity index (χ3v) is 4.60. The number of hydrogen-bond acceptors (Lipinski definition) is 4. The number of aryl methyl sites for hydroxylation is 1. The van der Waals surface area contributed by atoms with Crippen LogP contribution in [0.4, 0.5) is 0 Å². The first-order valence-electron chi connectivity index (χ1n) is 5.36. The lowest BCUT2D eigenvalue weighted by Crippen LogP contribution is -2.15. The highest BCUT2D eigenvalue weighted by atomic mass is 35.7. The molecule has 0 bridgehead atoms. The molecule has 0 saturated heterocycles. The Morgan fingerprint density at radius 3 is 2.75 bits per heavy atom. The lowest BCUT2D eigenvalue weighted by atomic mass is 9.84. The van der Waals surface area contributed by atoms with Gasteiger partial charge in [0.15, 0.2) is 0 Å². The Morgan fingerprint density at radius 1 is 1.38 bits per heavy atom. The number of nitrogens with zero attached hydrogens (tertiary/aromatic N) is 1. The molecule has 0 atom stereocenters. The zero-order valence-electron chi connectivity index (χ0n) is 8.70. The lowest BCUT2D eigenvalue weighted by molar-refractivity contribution is 0.340. The highest BCUT2D eigenvalue weighted by Crippen LogP contribution is 2.55. The van der Waals surface area contributed by atoms with Crippen LogP contribution in [0.25, 0.3) is 0 Å². The molecule has 6 heteroatoms. The van der Waals surface area contributed by atoms with E-state index >= 15 is 0 Å². The summed E-state index contributed by atoms with van der Waals surface area (Å²) in [5, 5.41) is 3.84. The van der Waals surface area contributed by atoms with Gasteiger partial charge in [-0.15, -0.1) is 0 Å². The van der Waals surface area contributed by atoms with Crippen molar-refractivity contribution < 1.29 is 12.9 Å². The van der Waals surface area contributed by atoms with Crippen LogP contribution in [0.3, 0.4) is 0 Å². The molecular formula is C10H12ClNO3S. The van der Waals surface area contributed by atoms with E-state index in [0.717, 1.165) is 30.6 Å². The molecule has 1 aromatic rings. The Kier molecular flexibility index (Phi) is 2.14. The van der Waals surface area contributed by atoms with Gasteiger partial charge < -0.3 is 4.52 Å². The maximum Gasteiger partial charge on any atom is 0.238 e. The van der Waals surface area contributed by atoms with E-state index in [1.165, 1.54) is 12.8 Å². The molecule has 1 fully saturated rings. The molecule has 2 aliphatic rings. The molecule has 1 spiro atoms. The summed E-state index contributed by atoms with van der Waals surface area (Å²) in [5.41, 5.74) is 1.92. The van der Waals surface area contributed by atoms with Crippen LogP contribution in [0.15, 0.2) is 4.52 Å². The van der Waals surface area contributed by atoms with Gasteiger partial charge in [-0.2, -0.15) is 0 Å². The largest absolute Gasteiger partial charge is 0.361 e. The molecular weight excluding hydrogens is 250 g/mol. The summed E-state index contributed by atoms with van der Waals surface area (Å²) in [5.74, 6) is 0.636. The van der Waals surface area contributed by atoms with E-state index in [2.05, 4.69) is 5.16 Å². The van der Waals surface area contributed by atoms with Crippen molar-refractivity contribution in [1.82, 2.24) is 5.16 Å². The minimum atomic E-state index is -3.55. The van der Waals surface area contributed by atoms with E-state index in [0.29, 0.717) is 11.1 Å². The van der Waals surface area contributed by atoms with Crippen LogP contribution in [0.2, 0.25) is 0 Å². The molecule has 1 aromatic heterocycles. The van der Waals surface area contributed by atoms with Gasteiger partial charge in [0.25, 0.3) is 0 Å². The van der Waals surface area contributed by atoms with Crippen molar-refractivity contribution in [2.45, 2.75) is 37.9 Å². The van der Waals surface area contributed by atoms with Crippen molar-refractivity contribution in [3.05, 3.63) is 17.0 Å². The third-order valence-electron chi connectivity index (χ3n) is 3.65.